The molecule has 5 nitrogen and oxygen atoms in total. The van der Waals surface area contributed by atoms with Gasteiger partial charge >= 0.3 is 0 Å². The molecule has 0 saturated carbocycles. The van der Waals surface area contributed by atoms with E-state index in [4.69, 9.17) is 0 Å². The molecular formula is C26H30N4O. The molecule has 1 saturated heterocycles. The molecule has 4 rings (SSSR count). The van der Waals surface area contributed by atoms with Gasteiger partial charge in [0.1, 0.15) is 0 Å². The van der Waals surface area contributed by atoms with Crippen molar-refractivity contribution in [3.63, 3.8) is 0 Å². The van der Waals surface area contributed by atoms with Gasteiger partial charge in [0.05, 0.1) is 11.6 Å². The monoisotopic (exact) mass is 414 g/mol. The minimum Gasteiger partial charge on any atom is -0.341 e. The Kier molecular flexibility index (Phi) is 7.05. The van der Waals surface area contributed by atoms with E-state index in [0.717, 1.165) is 62.4 Å². The summed E-state index contributed by atoms with van der Waals surface area (Å²) in [4.78, 5) is 26.5. The fourth-order valence-corrected chi connectivity index (χ4v) is 4.32. The lowest BCUT2D eigenvalue weighted by atomic mass is 9.95. The van der Waals surface area contributed by atoms with Gasteiger partial charge in [-0.1, -0.05) is 43.3 Å². The van der Waals surface area contributed by atoms with Crippen LogP contribution in [0.4, 0.5) is 0 Å². The van der Waals surface area contributed by atoms with Crippen molar-refractivity contribution in [1.29, 1.82) is 0 Å². The number of benzene rings is 1. The van der Waals surface area contributed by atoms with Crippen LogP contribution >= 0.6 is 0 Å². The lowest BCUT2D eigenvalue weighted by Gasteiger charge is -2.24. The van der Waals surface area contributed by atoms with Gasteiger partial charge in [-0.2, -0.15) is 0 Å². The van der Waals surface area contributed by atoms with Crippen LogP contribution in [-0.4, -0.2) is 51.9 Å². The van der Waals surface area contributed by atoms with Crippen molar-refractivity contribution >= 4 is 5.91 Å². The van der Waals surface area contributed by atoms with E-state index in [1.165, 1.54) is 5.56 Å². The molecule has 1 aliphatic heterocycles. The first-order valence-corrected chi connectivity index (χ1v) is 11.1. The molecule has 5 heteroatoms. The highest BCUT2D eigenvalue weighted by Gasteiger charge is 2.30. The van der Waals surface area contributed by atoms with Gasteiger partial charge in [0.25, 0.3) is 0 Å². The van der Waals surface area contributed by atoms with Crippen LogP contribution in [0.5, 0.6) is 0 Å². The van der Waals surface area contributed by atoms with Gasteiger partial charge in [0, 0.05) is 51.3 Å². The van der Waals surface area contributed by atoms with E-state index < -0.39 is 0 Å². The van der Waals surface area contributed by atoms with Crippen molar-refractivity contribution < 1.29 is 4.79 Å². The average Bonchev–Trinajstić information content (AvgIpc) is 2.95. The van der Waals surface area contributed by atoms with Crippen molar-refractivity contribution in [3.05, 3.63) is 84.4 Å². The van der Waals surface area contributed by atoms with Crippen LogP contribution in [0.1, 0.15) is 24.6 Å². The summed E-state index contributed by atoms with van der Waals surface area (Å²) in [6, 6.07) is 18.6. The molecule has 1 aliphatic rings. The van der Waals surface area contributed by atoms with Gasteiger partial charge in [-0.05, 0) is 47.7 Å². The Morgan fingerprint density at radius 1 is 1.00 bits per heavy atom. The Balaban J connectivity index is 1.54. The second-order valence-corrected chi connectivity index (χ2v) is 8.22. The Hall–Kier alpha value is -3.05. The van der Waals surface area contributed by atoms with E-state index in [-0.39, 0.29) is 11.8 Å². The number of rotatable bonds is 7. The maximum atomic E-state index is 13.4. The highest BCUT2D eigenvalue weighted by atomic mass is 16.2. The molecule has 1 aromatic carbocycles. The molecule has 1 fully saturated rings. The van der Waals surface area contributed by atoms with Gasteiger partial charge in [0.15, 0.2) is 0 Å². The highest BCUT2D eigenvalue weighted by molar-refractivity contribution is 5.80. The molecule has 0 N–H and O–H groups in total. The zero-order valence-electron chi connectivity index (χ0n) is 18.2. The molecule has 0 spiro atoms. The zero-order chi connectivity index (χ0) is 21.5. The first kappa shape index (κ1) is 21.2. The van der Waals surface area contributed by atoms with Crippen molar-refractivity contribution in [1.82, 2.24) is 19.8 Å². The van der Waals surface area contributed by atoms with Crippen LogP contribution in [0.25, 0.3) is 11.1 Å². The third-order valence-corrected chi connectivity index (χ3v) is 5.83. The number of carbonyl (C=O) groups is 1. The van der Waals surface area contributed by atoms with E-state index >= 15 is 0 Å². The number of hydrogen-bond donors (Lipinski definition) is 0. The molecule has 0 radical (unpaired) electrons. The van der Waals surface area contributed by atoms with E-state index in [2.05, 4.69) is 58.2 Å². The van der Waals surface area contributed by atoms with Crippen molar-refractivity contribution in [2.45, 2.75) is 26.3 Å². The molecule has 2 aromatic heterocycles. The summed E-state index contributed by atoms with van der Waals surface area (Å²) in [6.07, 6.45) is 7.23. The van der Waals surface area contributed by atoms with Crippen LogP contribution in [0.15, 0.2) is 73.2 Å². The molecule has 160 valence electrons. The molecule has 3 heterocycles. The quantitative estimate of drug-likeness (QED) is 0.585. The number of hydrogen-bond acceptors (Lipinski definition) is 4. The summed E-state index contributed by atoms with van der Waals surface area (Å²) in [5, 5.41) is 0. The van der Waals surface area contributed by atoms with E-state index in [9.17, 15) is 4.79 Å². The third-order valence-electron chi connectivity index (χ3n) is 5.83. The maximum Gasteiger partial charge on any atom is 0.227 e. The summed E-state index contributed by atoms with van der Waals surface area (Å²) in [7, 11) is 0. The molecule has 31 heavy (non-hydrogen) atoms. The van der Waals surface area contributed by atoms with Gasteiger partial charge < -0.3 is 4.90 Å². The first-order chi connectivity index (χ1) is 15.2. The third kappa shape index (κ3) is 5.56. The predicted molar refractivity (Wildman–Crippen MR) is 123 cm³/mol. The van der Waals surface area contributed by atoms with E-state index in [1.54, 1.807) is 6.20 Å². The van der Waals surface area contributed by atoms with Gasteiger partial charge in [-0.3, -0.25) is 19.7 Å². The fourth-order valence-electron chi connectivity index (χ4n) is 4.32. The van der Waals surface area contributed by atoms with Crippen molar-refractivity contribution in [3.8, 4) is 11.1 Å². The SMILES string of the molecule is CCCN1CCN(Cc2ccccn2)CC(Cc2cccc(-c3cccnc3)c2)C1=O. The Bertz CT molecular complexity index is 977. The van der Waals surface area contributed by atoms with Crippen LogP contribution in [-0.2, 0) is 17.8 Å². The number of nitrogens with zero attached hydrogens (tertiary/aromatic N) is 4. The van der Waals surface area contributed by atoms with Crippen LogP contribution in [0.2, 0.25) is 0 Å². The summed E-state index contributed by atoms with van der Waals surface area (Å²) in [5.41, 5.74) is 4.48. The molecule has 0 bridgehead atoms. The summed E-state index contributed by atoms with van der Waals surface area (Å²) in [5.74, 6) is 0.221. The fraction of sp³-hybridized carbons (Fsp3) is 0.346. The second kappa shape index (κ2) is 10.3. The van der Waals surface area contributed by atoms with Gasteiger partial charge in [0.2, 0.25) is 5.91 Å². The topological polar surface area (TPSA) is 49.3 Å². The van der Waals surface area contributed by atoms with Crippen molar-refractivity contribution in [2.24, 2.45) is 5.92 Å². The van der Waals surface area contributed by atoms with E-state index in [0.29, 0.717) is 0 Å². The number of pyridine rings is 2. The molecular weight excluding hydrogens is 384 g/mol. The lowest BCUT2D eigenvalue weighted by Crippen LogP contribution is -2.37. The average molecular weight is 415 g/mol. The lowest BCUT2D eigenvalue weighted by molar-refractivity contribution is -0.134. The summed E-state index contributed by atoms with van der Waals surface area (Å²) < 4.78 is 0. The Morgan fingerprint density at radius 2 is 1.90 bits per heavy atom. The second-order valence-electron chi connectivity index (χ2n) is 8.22. The molecule has 3 aromatic rings. The minimum absolute atomic E-state index is 0.0538. The molecule has 0 aliphatic carbocycles. The maximum absolute atomic E-state index is 13.4. The summed E-state index contributed by atoms with van der Waals surface area (Å²) in [6.45, 7) is 6.16. The molecule has 1 unspecified atom stereocenters. The largest absolute Gasteiger partial charge is 0.341 e. The van der Waals surface area contributed by atoms with Crippen LogP contribution < -0.4 is 0 Å². The highest BCUT2D eigenvalue weighted by Crippen LogP contribution is 2.23. The standard InChI is InChI=1S/C26H30N4O/c1-2-13-30-15-14-29(20-25-10-3-4-12-28-25)19-24(26(30)31)17-21-7-5-8-22(16-21)23-9-6-11-27-18-23/h3-12,16,18,24H,2,13-15,17,19-20H2,1H3. The van der Waals surface area contributed by atoms with Crippen molar-refractivity contribution in [2.75, 3.05) is 26.2 Å². The molecule has 1 atom stereocenters. The first-order valence-electron chi connectivity index (χ1n) is 11.1. The van der Waals surface area contributed by atoms with Gasteiger partial charge in [-0.15, -0.1) is 0 Å². The normalized spacial score (nSPS) is 17.5. The smallest absolute Gasteiger partial charge is 0.227 e. The van der Waals surface area contributed by atoms with Gasteiger partial charge in [-0.25, -0.2) is 0 Å². The zero-order valence-corrected chi connectivity index (χ0v) is 18.2. The minimum atomic E-state index is -0.0538. The number of amides is 1. The predicted octanol–water partition coefficient (Wildman–Crippen LogP) is 4.06. The number of carbonyl (C=O) groups excluding carboxylic acids is 1. The summed E-state index contributed by atoms with van der Waals surface area (Å²) >= 11 is 0. The Labute approximate surface area is 184 Å². The van der Waals surface area contributed by atoms with Crippen LogP contribution in [0, 0.1) is 5.92 Å². The van der Waals surface area contributed by atoms with Crippen LogP contribution in [0.3, 0.4) is 0 Å². The number of aromatic nitrogens is 2. The Morgan fingerprint density at radius 3 is 2.68 bits per heavy atom. The van der Waals surface area contributed by atoms with E-state index in [1.807, 2.05) is 35.5 Å². The molecule has 1 amide bonds.